The SMILES string of the molecule is O=C1[C@@H]2C3c4ccccc4C(C=Nc4cccc5ccccc45)(c4ccccc43)[C@@H]2C(=O)N1c1cccc2ccccc12. The topological polar surface area (TPSA) is 49.7 Å². The number of rotatable bonds is 3. The van der Waals surface area contributed by atoms with Gasteiger partial charge >= 0.3 is 0 Å². The van der Waals surface area contributed by atoms with Crippen LogP contribution in [0.3, 0.4) is 0 Å². The molecule has 204 valence electrons. The van der Waals surface area contributed by atoms with Crippen LogP contribution in [-0.4, -0.2) is 18.0 Å². The molecule has 4 heteroatoms. The average Bonchev–Trinajstić information content (AvgIpc) is 3.33. The quantitative estimate of drug-likeness (QED) is 0.165. The molecular weight excluding hydrogens is 528 g/mol. The van der Waals surface area contributed by atoms with Crippen molar-refractivity contribution in [3.8, 4) is 0 Å². The van der Waals surface area contributed by atoms with Gasteiger partial charge in [0.2, 0.25) is 11.8 Å². The first-order valence-corrected chi connectivity index (χ1v) is 14.8. The molecule has 6 aromatic rings. The summed E-state index contributed by atoms with van der Waals surface area (Å²) in [5.41, 5.74) is 4.91. The number of nitrogens with zero attached hydrogens (tertiary/aromatic N) is 2. The number of aliphatic imine (C=N–C) groups is 1. The molecule has 0 spiro atoms. The minimum atomic E-state index is -0.907. The third-order valence-corrected chi connectivity index (χ3v) is 9.87. The van der Waals surface area contributed by atoms with Gasteiger partial charge in [-0.2, -0.15) is 0 Å². The number of imide groups is 1. The van der Waals surface area contributed by atoms with E-state index in [1.807, 2.05) is 97.2 Å². The van der Waals surface area contributed by atoms with E-state index in [9.17, 15) is 9.59 Å². The predicted molar refractivity (Wildman–Crippen MR) is 171 cm³/mol. The zero-order valence-corrected chi connectivity index (χ0v) is 23.2. The smallest absolute Gasteiger partial charge is 0.239 e. The van der Waals surface area contributed by atoms with Crippen molar-refractivity contribution >= 4 is 50.9 Å². The van der Waals surface area contributed by atoms with E-state index in [1.54, 1.807) is 0 Å². The van der Waals surface area contributed by atoms with Gasteiger partial charge in [-0.15, -0.1) is 0 Å². The maximum atomic E-state index is 14.9. The van der Waals surface area contributed by atoms with Crippen LogP contribution >= 0.6 is 0 Å². The van der Waals surface area contributed by atoms with Crippen LogP contribution in [0.1, 0.15) is 28.2 Å². The number of carbonyl (C=O) groups excluding carboxylic acids is 2. The van der Waals surface area contributed by atoms with E-state index >= 15 is 0 Å². The monoisotopic (exact) mass is 554 g/mol. The normalized spacial score (nSPS) is 23.6. The lowest BCUT2D eigenvalue weighted by Gasteiger charge is -2.52. The fraction of sp³-hybridized carbons (Fsp3) is 0.103. The average molecular weight is 555 g/mol. The first-order chi connectivity index (χ1) is 21.2. The van der Waals surface area contributed by atoms with E-state index in [0.717, 1.165) is 49.5 Å². The van der Waals surface area contributed by atoms with Crippen molar-refractivity contribution in [2.24, 2.45) is 16.8 Å². The van der Waals surface area contributed by atoms with E-state index in [-0.39, 0.29) is 17.7 Å². The van der Waals surface area contributed by atoms with Crippen LogP contribution in [-0.2, 0) is 15.0 Å². The second kappa shape index (κ2) is 8.83. The highest BCUT2D eigenvalue weighted by molar-refractivity contribution is 6.27. The number of carbonyl (C=O) groups is 2. The molecule has 1 heterocycles. The Kier molecular flexibility index (Phi) is 4.98. The Labute approximate surface area is 248 Å². The summed E-state index contributed by atoms with van der Waals surface area (Å²) in [5.74, 6) is -1.66. The highest BCUT2D eigenvalue weighted by Crippen LogP contribution is 2.64. The highest BCUT2D eigenvalue weighted by Gasteiger charge is 2.68. The Morgan fingerprint density at radius 3 is 1.86 bits per heavy atom. The maximum Gasteiger partial charge on any atom is 0.239 e. The minimum absolute atomic E-state index is 0.136. The second-order valence-corrected chi connectivity index (χ2v) is 11.8. The van der Waals surface area contributed by atoms with Crippen molar-refractivity contribution in [2.45, 2.75) is 11.3 Å². The molecule has 2 amide bonds. The number of hydrogen-bond donors (Lipinski definition) is 0. The van der Waals surface area contributed by atoms with Crippen LogP contribution < -0.4 is 4.90 Å². The molecule has 2 atom stereocenters. The van der Waals surface area contributed by atoms with Crippen LogP contribution in [0, 0.1) is 11.8 Å². The summed E-state index contributed by atoms with van der Waals surface area (Å²) in [7, 11) is 0. The van der Waals surface area contributed by atoms with Crippen molar-refractivity contribution in [3.63, 3.8) is 0 Å². The zero-order chi connectivity index (χ0) is 28.7. The highest BCUT2D eigenvalue weighted by atomic mass is 16.2. The van der Waals surface area contributed by atoms with Gasteiger partial charge in [0, 0.05) is 22.9 Å². The summed E-state index contributed by atoms with van der Waals surface area (Å²) in [6, 6.07) is 44.8. The lowest BCUT2D eigenvalue weighted by molar-refractivity contribution is -0.122. The van der Waals surface area contributed by atoms with Crippen molar-refractivity contribution in [1.82, 2.24) is 0 Å². The van der Waals surface area contributed by atoms with Crippen molar-refractivity contribution < 1.29 is 9.59 Å². The van der Waals surface area contributed by atoms with Crippen LogP contribution in [0.5, 0.6) is 0 Å². The van der Waals surface area contributed by atoms with E-state index in [1.165, 1.54) is 4.90 Å². The Hall–Kier alpha value is -5.35. The largest absolute Gasteiger partial charge is 0.274 e. The van der Waals surface area contributed by atoms with Gasteiger partial charge in [-0.1, -0.05) is 121 Å². The van der Waals surface area contributed by atoms with Crippen LogP contribution in [0.2, 0.25) is 0 Å². The van der Waals surface area contributed by atoms with Crippen LogP contribution in [0.25, 0.3) is 21.5 Å². The summed E-state index contributed by atoms with van der Waals surface area (Å²) < 4.78 is 0. The molecule has 0 aromatic heterocycles. The van der Waals surface area contributed by atoms with Crippen molar-refractivity contribution in [2.75, 3.05) is 4.90 Å². The van der Waals surface area contributed by atoms with E-state index in [4.69, 9.17) is 4.99 Å². The van der Waals surface area contributed by atoms with Crippen molar-refractivity contribution in [3.05, 3.63) is 156 Å². The lowest BCUT2D eigenvalue weighted by Crippen LogP contribution is -2.54. The van der Waals surface area contributed by atoms with Gasteiger partial charge < -0.3 is 0 Å². The molecule has 3 aliphatic carbocycles. The molecule has 0 saturated carbocycles. The van der Waals surface area contributed by atoms with Crippen LogP contribution in [0.15, 0.2) is 138 Å². The molecule has 1 fully saturated rings. The molecular formula is C39H26N2O2. The predicted octanol–water partition coefficient (Wildman–Crippen LogP) is 7.95. The molecule has 0 radical (unpaired) electrons. The Morgan fingerprint density at radius 2 is 1.14 bits per heavy atom. The lowest BCUT2D eigenvalue weighted by atomic mass is 9.47. The summed E-state index contributed by atoms with van der Waals surface area (Å²) in [6.45, 7) is 0. The number of anilines is 1. The third-order valence-electron chi connectivity index (χ3n) is 9.87. The zero-order valence-electron chi connectivity index (χ0n) is 23.2. The summed E-state index contributed by atoms with van der Waals surface area (Å²) in [6.07, 6.45) is 1.98. The molecule has 2 bridgehead atoms. The number of fused-ring (bicyclic) bond motifs is 2. The van der Waals surface area contributed by atoms with Gasteiger partial charge in [0.15, 0.2) is 0 Å². The second-order valence-electron chi connectivity index (χ2n) is 11.8. The molecule has 1 aliphatic heterocycles. The molecule has 10 rings (SSSR count). The van der Waals surface area contributed by atoms with Gasteiger partial charge in [0.05, 0.1) is 28.6 Å². The fourth-order valence-corrected chi connectivity index (χ4v) is 8.18. The number of benzene rings is 6. The molecule has 0 N–H and O–H groups in total. The van der Waals surface area contributed by atoms with Gasteiger partial charge in [0.1, 0.15) is 0 Å². The Morgan fingerprint density at radius 1 is 0.581 bits per heavy atom. The standard InChI is InChI=1S/C39H26N2O2/c42-37-35-34-28-17-5-7-19-30(28)39(31-20-8-6-18-29(31)34,23-40-32-21-9-13-24-11-1-3-15-26(24)32)36(35)38(43)41(37)33-22-10-14-25-12-2-4-16-27(25)33/h1-23,34-36H/t34?,35-,36+,39?/m1/s1. The van der Waals surface area contributed by atoms with E-state index < -0.39 is 17.3 Å². The number of amides is 2. The summed E-state index contributed by atoms with van der Waals surface area (Å²) in [5, 5.41) is 4.05. The molecule has 0 unspecified atom stereocenters. The van der Waals surface area contributed by atoms with Gasteiger partial charge in [-0.05, 0) is 45.2 Å². The van der Waals surface area contributed by atoms with Gasteiger partial charge in [-0.3, -0.25) is 14.6 Å². The molecule has 4 aliphatic rings. The molecule has 4 nitrogen and oxygen atoms in total. The van der Waals surface area contributed by atoms with Crippen molar-refractivity contribution in [1.29, 1.82) is 0 Å². The Balaban J connectivity index is 1.32. The van der Waals surface area contributed by atoms with E-state index in [0.29, 0.717) is 5.69 Å². The summed E-state index contributed by atoms with van der Waals surface area (Å²) >= 11 is 0. The van der Waals surface area contributed by atoms with Gasteiger partial charge in [-0.25, -0.2) is 4.90 Å². The fourth-order valence-electron chi connectivity index (χ4n) is 8.18. The first kappa shape index (κ1) is 24.3. The van der Waals surface area contributed by atoms with E-state index in [2.05, 4.69) is 42.5 Å². The minimum Gasteiger partial charge on any atom is -0.274 e. The van der Waals surface area contributed by atoms with Gasteiger partial charge in [0.25, 0.3) is 0 Å². The molecule has 1 saturated heterocycles. The first-order valence-electron chi connectivity index (χ1n) is 14.8. The maximum absolute atomic E-state index is 14.9. The number of hydrogen-bond acceptors (Lipinski definition) is 3. The van der Waals surface area contributed by atoms with Crippen LogP contribution in [0.4, 0.5) is 11.4 Å². The summed E-state index contributed by atoms with van der Waals surface area (Å²) in [4.78, 5) is 36.2. The molecule has 43 heavy (non-hydrogen) atoms. The Bertz CT molecular complexity index is 2120. The third kappa shape index (κ3) is 3.13. The molecule has 6 aromatic carbocycles.